The van der Waals surface area contributed by atoms with Crippen molar-refractivity contribution >= 4 is 28.6 Å². The Bertz CT molecular complexity index is 1170. The zero-order valence-electron chi connectivity index (χ0n) is 19.5. The lowest BCUT2D eigenvalue weighted by atomic mass is 10.1. The van der Waals surface area contributed by atoms with E-state index in [2.05, 4.69) is 31.7 Å². The Labute approximate surface area is 197 Å². The number of aromatic nitrogens is 3. The van der Waals surface area contributed by atoms with Crippen LogP contribution in [0.15, 0.2) is 53.9 Å². The largest absolute Gasteiger partial charge is 0.501 e. The molecule has 4 rings (SSSR count). The van der Waals surface area contributed by atoms with Crippen LogP contribution in [-0.2, 0) is 19.1 Å². The number of aliphatic carboxylic acids is 1. The number of carbonyl (C=O) groups is 2. The standard InChI is InChI=1S/C24H29N5O5/c1-15-12-29(23-22-20(6-7-25-23)26-14-27-22)9-8-28(15)13-21(30)16(2)34-18-5-4-17(24(31)32)10-19(11-18)33-3/h4-7,10,14-16H,8-9,11-13H2,1-3H3,(H,26,27)(H,31,32). The van der Waals surface area contributed by atoms with Crippen molar-refractivity contribution in [2.24, 2.45) is 0 Å². The third-order valence-electron chi connectivity index (χ3n) is 6.15. The molecule has 0 aromatic carbocycles. The number of carboxylic acids is 1. The molecule has 0 amide bonds. The monoisotopic (exact) mass is 467 g/mol. The van der Waals surface area contributed by atoms with E-state index >= 15 is 0 Å². The highest BCUT2D eigenvalue weighted by atomic mass is 16.5. The molecule has 2 atom stereocenters. The van der Waals surface area contributed by atoms with Crippen molar-refractivity contribution in [3.63, 3.8) is 0 Å². The molecule has 10 nitrogen and oxygen atoms in total. The minimum atomic E-state index is -1.05. The van der Waals surface area contributed by atoms with Crippen molar-refractivity contribution in [1.82, 2.24) is 19.9 Å². The number of carbonyl (C=O) groups excluding carboxylic acids is 1. The van der Waals surface area contributed by atoms with Gasteiger partial charge in [0.15, 0.2) is 17.7 Å². The van der Waals surface area contributed by atoms with Crippen LogP contribution in [0.4, 0.5) is 5.82 Å². The van der Waals surface area contributed by atoms with Crippen molar-refractivity contribution in [3.8, 4) is 0 Å². The molecule has 0 spiro atoms. The van der Waals surface area contributed by atoms with Gasteiger partial charge in [-0.25, -0.2) is 14.8 Å². The maximum absolute atomic E-state index is 12.9. The number of H-pyrrole nitrogens is 1. The second kappa shape index (κ2) is 10.1. The lowest BCUT2D eigenvalue weighted by Crippen LogP contribution is -2.54. The van der Waals surface area contributed by atoms with E-state index in [0.717, 1.165) is 29.9 Å². The molecule has 1 aliphatic heterocycles. The Morgan fingerprint density at radius 1 is 1.26 bits per heavy atom. The van der Waals surface area contributed by atoms with E-state index < -0.39 is 12.1 Å². The van der Waals surface area contributed by atoms with Crippen LogP contribution in [0.2, 0.25) is 0 Å². The van der Waals surface area contributed by atoms with Gasteiger partial charge in [0.25, 0.3) is 0 Å². The zero-order valence-corrected chi connectivity index (χ0v) is 19.5. The summed E-state index contributed by atoms with van der Waals surface area (Å²) in [6.07, 6.45) is 7.55. The number of aromatic amines is 1. The second-order valence-electron chi connectivity index (χ2n) is 8.48. The molecule has 1 fully saturated rings. The fraction of sp³-hybridized carbons (Fsp3) is 0.417. The van der Waals surface area contributed by atoms with Gasteiger partial charge in [-0.3, -0.25) is 9.69 Å². The number of pyridine rings is 1. The molecule has 1 saturated heterocycles. The number of imidazole rings is 1. The summed E-state index contributed by atoms with van der Waals surface area (Å²) in [5, 5.41) is 9.26. The van der Waals surface area contributed by atoms with E-state index in [9.17, 15) is 14.7 Å². The Balaban J connectivity index is 1.35. The maximum Gasteiger partial charge on any atom is 0.335 e. The number of allylic oxidation sites excluding steroid dienone is 2. The van der Waals surface area contributed by atoms with Crippen molar-refractivity contribution in [2.75, 3.05) is 38.2 Å². The minimum absolute atomic E-state index is 0.0386. The Kier molecular flexibility index (Phi) is 6.97. The van der Waals surface area contributed by atoms with Crippen LogP contribution in [-0.4, -0.2) is 82.1 Å². The summed E-state index contributed by atoms with van der Waals surface area (Å²) in [4.78, 5) is 40.6. The fourth-order valence-electron chi connectivity index (χ4n) is 4.16. The first-order chi connectivity index (χ1) is 16.4. The molecule has 34 heavy (non-hydrogen) atoms. The summed E-state index contributed by atoms with van der Waals surface area (Å²) in [6, 6.07) is 2.04. The number of piperazine rings is 1. The summed E-state index contributed by atoms with van der Waals surface area (Å²) in [6.45, 7) is 6.27. The van der Waals surface area contributed by atoms with Gasteiger partial charge in [-0.2, -0.15) is 0 Å². The van der Waals surface area contributed by atoms with E-state index in [4.69, 9.17) is 9.47 Å². The maximum atomic E-state index is 12.9. The summed E-state index contributed by atoms with van der Waals surface area (Å²) in [5.41, 5.74) is 1.90. The van der Waals surface area contributed by atoms with Crippen LogP contribution in [0.3, 0.4) is 0 Å². The number of rotatable bonds is 8. The van der Waals surface area contributed by atoms with Gasteiger partial charge in [0.2, 0.25) is 0 Å². The van der Waals surface area contributed by atoms with Crippen molar-refractivity contribution in [2.45, 2.75) is 32.4 Å². The molecule has 1 aliphatic carbocycles. The van der Waals surface area contributed by atoms with Gasteiger partial charge in [-0.1, -0.05) is 0 Å². The van der Waals surface area contributed by atoms with Crippen LogP contribution in [0.25, 0.3) is 11.0 Å². The number of carboxylic acid groups (broad SMARTS) is 1. The number of nitrogens with one attached hydrogen (secondary N) is 1. The first-order valence-electron chi connectivity index (χ1n) is 11.2. The number of anilines is 1. The van der Waals surface area contributed by atoms with E-state index in [-0.39, 0.29) is 30.4 Å². The highest BCUT2D eigenvalue weighted by Gasteiger charge is 2.29. The topological polar surface area (TPSA) is 121 Å². The van der Waals surface area contributed by atoms with Crippen LogP contribution in [0.5, 0.6) is 0 Å². The molecule has 0 bridgehead atoms. The predicted molar refractivity (Wildman–Crippen MR) is 126 cm³/mol. The van der Waals surface area contributed by atoms with E-state index in [1.165, 1.54) is 19.3 Å². The number of hydrogen-bond acceptors (Lipinski definition) is 8. The number of hydrogen-bond donors (Lipinski definition) is 2. The normalized spacial score (nSPS) is 20.1. The van der Waals surface area contributed by atoms with E-state index in [0.29, 0.717) is 18.1 Å². The van der Waals surface area contributed by atoms with Gasteiger partial charge >= 0.3 is 5.97 Å². The van der Waals surface area contributed by atoms with Gasteiger partial charge in [-0.15, -0.1) is 0 Å². The van der Waals surface area contributed by atoms with E-state index in [1.807, 2.05) is 6.07 Å². The first kappa shape index (κ1) is 23.5. The Hall–Kier alpha value is -3.66. The molecule has 2 N–H and O–H groups in total. The van der Waals surface area contributed by atoms with Gasteiger partial charge in [0.1, 0.15) is 17.0 Å². The summed E-state index contributed by atoms with van der Waals surface area (Å²) < 4.78 is 11.1. The molecule has 0 radical (unpaired) electrons. The average Bonchev–Trinajstić information content (AvgIpc) is 3.21. The number of fused-ring (bicyclic) bond motifs is 1. The summed E-state index contributed by atoms with van der Waals surface area (Å²) >= 11 is 0. The molecular formula is C24H29N5O5. The van der Waals surface area contributed by atoms with Gasteiger partial charge < -0.3 is 24.5 Å². The third-order valence-corrected chi connectivity index (χ3v) is 6.15. The molecule has 180 valence electrons. The first-order valence-corrected chi connectivity index (χ1v) is 11.2. The van der Waals surface area contributed by atoms with Gasteiger partial charge in [0, 0.05) is 31.9 Å². The van der Waals surface area contributed by atoms with Crippen LogP contribution in [0.1, 0.15) is 20.3 Å². The number of Topliss-reactive ketones (excluding diaryl/α,β-unsaturated/α-hetero) is 1. The minimum Gasteiger partial charge on any atom is -0.501 e. The SMILES string of the molecule is COC1=CC(C(=O)O)=CC=C(OC(C)C(=O)CN2CCN(c3nccc4[nH]cnc34)CC2C)C1. The number of ether oxygens (including phenoxy) is 2. The lowest BCUT2D eigenvalue weighted by Gasteiger charge is -2.40. The molecule has 2 aliphatic rings. The fourth-order valence-corrected chi connectivity index (χ4v) is 4.16. The third kappa shape index (κ3) is 5.12. The zero-order chi connectivity index (χ0) is 24.2. The molecule has 2 aromatic heterocycles. The second-order valence-corrected chi connectivity index (χ2v) is 8.48. The van der Waals surface area contributed by atoms with Crippen molar-refractivity contribution < 1.29 is 24.2 Å². The smallest absolute Gasteiger partial charge is 0.335 e. The van der Waals surface area contributed by atoms with Crippen LogP contribution < -0.4 is 4.90 Å². The summed E-state index contributed by atoms with van der Waals surface area (Å²) in [5.74, 6) is 0.708. The molecule has 2 aromatic rings. The Morgan fingerprint density at radius 3 is 2.82 bits per heavy atom. The van der Waals surface area contributed by atoms with Crippen molar-refractivity contribution in [1.29, 1.82) is 0 Å². The predicted octanol–water partition coefficient (Wildman–Crippen LogP) is 2.27. The molecule has 2 unspecified atom stereocenters. The molecular weight excluding hydrogens is 438 g/mol. The van der Waals surface area contributed by atoms with Crippen LogP contribution >= 0.6 is 0 Å². The van der Waals surface area contributed by atoms with Crippen LogP contribution in [0, 0.1) is 0 Å². The number of nitrogens with zero attached hydrogens (tertiary/aromatic N) is 4. The quantitative estimate of drug-likeness (QED) is 0.602. The number of methoxy groups -OCH3 is 1. The average molecular weight is 468 g/mol. The lowest BCUT2D eigenvalue weighted by molar-refractivity contribution is -0.132. The van der Waals surface area contributed by atoms with E-state index in [1.54, 1.807) is 25.5 Å². The molecule has 3 heterocycles. The molecule has 0 saturated carbocycles. The van der Waals surface area contributed by atoms with Gasteiger partial charge in [-0.05, 0) is 38.1 Å². The highest BCUT2D eigenvalue weighted by molar-refractivity contribution is 5.90. The Morgan fingerprint density at radius 2 is 2.09 bits per heavy atom. The summed E-state index contributed by atoms with van der Waals surface area (Å²) in [7, 11) is 1.48. The van der Waals surface area contributed by atoms with Gasteiger partial charge in [0.05, 0.1) is 37.5 Å². The number of ketones is 1. The highest BCUT2D eigenvalue weighted by Crippen LogP contribution is 2.25. The van der Waals surface area contributed by atoms with Crippen molar-refractivity contribution in [3.05, 3.63) is 53.9 Å². The molecule has 10 heteroatoms.